The first-order chi connectivity index (χ1) is 14.5. The molecule has 152 valence electrons. The van der Waals surface area contributed by atoms with E-state index in [1.54, 1.807) is 33.1 Å². The van der Waals surface area contributed by atoms with Crippen LogP contribution in [0.4, 0.5) is 0 Å². The standard InChI is InChI=1S/C25H22O5/c1-4-29-24(26)22-13-19-10-16-8-15-6-7-21(28-3)12-18(15)9-17(16)11-20(19)14-23(22)25(27)30-5-2/h6-14H,4-5H2,1-3H3. The SMILES string of the molecule is CCOC(=O)c1cc2cc3cc4ccc(OC)cc4cc3cc2cc1C(=O)OCC. The molecule has 4 rings (SSSR count). The summed E-state index contributed by atoms with van der Waals surface area (Å²) in [6.07, 6.45) is 0. The molecule has 0 bridgehead atoms. The third-order valence-electron chi connectivity index (χ3n) is 5.09. The zero-order valence-electron chi connectivity index (χ0n) is 17.2. The number of esters is 2. The van der Waals surface area contributed by atoms with Crippen LogP contribution in [0.3, 0.4) is 0 Å². The molecule has 0 fully saturated rings. The summed E-state index contributed by atoms with van der Waals surface area (Å²) in [5, 5.41) is 5.93. The van der Waals surface area contributed by atoms with Crippen LogP contribution in [-0.2, 0) is 9.47 Å². The maximum atomic E-state index is 12.5. The molecule has 0 N–H and O–H groups in total. The van der Waals surface area contributed by atoms with Crippen LogP contribution < -0.4 is 4.74 Å². The van der Waals surface area contributed by atoms with E-state index in [2.05, 4.69) is 12.1 Å². The van der Waals surface area contributed by atoms with Crippen molar-refractivity contribution in [1.29, 1.82) is 0 Å². The molecule has 0 aliphatic carbocycles. The number of rotatable bonds is 5. The number of benzene rings is 4. The fraction of sp³-hybridized carbons (Fsp3) is 0.200. The van der Waals surface area contributed by atoms with Crippen molar-refractivity contribution >= 4 is 44.3 Å². The number of methoxy groups -OCH3 is 1. The molecule has 0 aromatic heterocycles. The Balaban J connectivity index is 1.95. The fourth-order valence-electron chi connectivity index (χ4n) is 3.66. The third-order valence-corrected chi connectivity index (χ3v) is 5.09. The molecule has 4 aromatic carbocycles. The lowest BCUT2D eigenvalue weighted by Gasteiger charge is -2.12. The van der Waals surface area contributed by atoms with Crippen LogP contribution in [-0.4, -0.2) is 32.3 Å². The molecule has 0 saturated carbocycles. The van der Waals surface area contributed by atoms with Crippen molar-refractivity contribution in [3.8, 4) is 5.75 Å². The summed E-state index contributed by atoms with van der Waals surface area (Å²) in [4.78, 5) is 25.0. The van der Waals surface area contributed by atoms with E-state index in [1.807, 2.05) is 30.3 Å². The first-order valence-corrected chi connectivity index (χ1v) is 9.87. The molecule has 5 heteroatoms. The second-order valence-corrected chi connectivity index (χ2v) is 6.95. The van der Waals surface area contributed by atoms with Crippen LogP contribution in [0, 0.1) is 0 Å². The van der Waals surface area contributed by atoms with Crippen LogP contribution in [0.25, 0.3) is 32.3 Å². The van der Waals surface area contributed by atoms with E-state index in [9.17, 15) is 9.59 Å². The molecular formula is C25H22O5. The highest BCUT2D eigenvalue weighted by molar-refractivity contribution is 6.11. The van der Waals surface area contributed by atoms with E-state index < -0.39 is 11.9 Å². The first-order valence-electron chi connectivity index (χ1n) is 9.87. The summed E-state index contributed by atoms with van der Waals surface area (Å²) in [6, 6.07) is 17.6. The molecule has 0 saturated heterocycles. The van der Waals surface area contributed by atoms with Crippen molar-refractivity contribution in [2.24, 2.45) is 0 Å². The predicted octanol–water partition coefficient (Wildman–Crippen LogP) is 5.51. The van der Waals surface area contributed by atoms with Gasteiger partial charge in [0.2, 0.25) is 0 Å². The highest BCUT2D eigenvalue weighted by Crippen LogP contribution is 2.31. The fourth-order valence-corrected chi connectivity index (χ4v) is 3.66. The number of ether oxygens (including phenoxy) is 3. The molecule has 0 atom stereocenters. The Kier molecular flexibility index (Phi) is 5.27. The van der Waals surface area contributed by atoms with Crippen molar-refractivity contribution in [2.75, 3.05) is 20.3 Å². The van der Waals surface area contributed by atoms with Gasteiger partial charge in [-0.15, -0.1) is 0 Å². The Hall–Kier alpha value is -3.60. The van der Waals surface area contributed by atoms with E-state index >= 15 is 0 Å². The molecule has 0 radical (unpaired) electrons. The van der Waals surface area contributed by atoms with Crippen LogP contribution >= 0.6 is 0 Å². The van der Waals surface area contributed by atoms with Gasteiger partial charge in [0.15, 0.2) is 0 Å². The third kappa shape index (κ3) is 3.54. The quantitative estimate of drug-likeness (QED) is 0.325. The van der Waals surface area contributed by atoms with Gasteiger partial charge in [0.25, 0.3) is 0 Å². The van der Waals surface area contributed by atoms with E-state index in [0.717, 1.165) is 38.1 Å². The molecule has 0 aliphatic rings. The minimum absolute atomic E-state index is 0.213. The smallest absolute Gasteiger partial charge is 0.339 e. The normalized spacial score (nSPS) is 11.0. The summed E-state index contributed by atoms with van der Waals surface area (Å²) in [5.74, 6) is -0.273. The zero-order valence-corrected chi connectivity index (χ0v) is 17.2. The van der Waals surface area contributed by atoms with Gasteiger partial charge in [-0.3, -0.25) is 0 Å². The summed E-state index contributed by atoms with van der Waals surface area (Å²) >= 11 is 0. The average molecular weight is 402 g/mol. The summed E-state index contributed by atoms with van der Waals surface area (Å²) in [7, 11) is 1.65. The molecule has 30 heavy (non-hydrogen) atoms. The Morgan fingerprint density at radius 2 is 1.07 bits per heavy atom. The van der Waals surface area contributed by atoms with Gasteiger partial charge in [0.05, 0.1) is 31.5 Å². The van der Waals surface area contributed by atoms with Gasteiger partial charge in [0, 0.05) is 0 Å². The summed E-state index contributed by atoms with van der Waals surface area (Å²) in [5.41, 5.74) is 0.428. The van der Waals surface area contributed by atoms with Gasteiger partial charge < -0.3 is 14.2 Å². The number of carbonyl (C=O) groups is 2. The lowest BCUT2D eigenvalue weighted by molar-refractivity contribution is 0.0479. The van der Waals surface area contributed by atoms with Gasteiger partial charge in [-0.2, -0.15) is 0 Å². The van der Waals surface area contributed by atoms with Gasteiger partial charge >= 0.3 is 11.9 Å². The summed E-state index contributed by atoms with van der Waals surface area (Å²) in [6.45, 7) is 3.92. The molecular weight excluding hydrogens is 380 g/mol. The molecule has 0 amide bonds. The Morgan fingerprint density at radius 1 is 0.633 bits per heavy atom. The molecule has 0 spiro atoms. The van der Waals surface area contributed by atoms with E-state index in [4.69, 9.17) is 14.2 Å². The highest BCUT2D eigenvalue weighted by atomic mass is 16.5. The largest absolute Gasteiger partial charge is 0.497 e. The van der Waals surface area contributed by atoms with E-state index in [1.165, 1.54) is 0 Å². The van der Waals surface area contributed by atoms with Crippen molar-refractivity contribution in [3.63, 3.8) is 0 Å². The lowest BCUT2D eigenvalue weighted by Crippen LogP contribution is -2.14. The average Bonchev–Trinajstić information content (AvgIpc) is 2.75. The van der Waals surface area contributed by atoms with Gasteiger partial charge in [0.1, 0.15) is 5.75 Å². The van der Waals surface area contributed by atoms with Crippen LogP contribution in [0.15, 0.2) is 54.6 Å². The maximum absolute atomic E-state index is 12.5. The van der Waals surface area contributed by atoms with Crippen molar-refractivity contribution in [1.82, 2.24) is 0 Å². The highest BCUT2D eigenvalue weighted by Gasteiger charge is 2.20. The second kappa shape index (κ2) is 8.03. The minimum Gasteiger partial charge on any atom is -0.497 e. The Morgan fingerprint density at radius 3 is 1.53 bits per heavy atom. The molecule has 0 aliphatic heterocycles. The zero-order chi connectivity index (χ0) is 21.3. The second-order valence-electron chi connectivity index (χ2n) is 6.95. The summed E-state index contributed by atoms with van der Waals surface area (Å²) < 4.78 is 15.6. The minimum atomic E-state index is -0.536. The van der Waals surface area contributed by atoms with Gasteiger partial charge in [-0.05, 0) is 94.7 Å². The molecule has 0 unspecified atom stereocenters. The monoisotopic (exact) mass is 402 g/mol. The van der Waals surface area contributed by atoms with E-state index in [0.29, 0.717) is 0 Å². The van der Waals surface area contributed by atoms with Gasteiger partial charge in [-0.25, -0.2) is 9.59 Å². The molecule has 0 heterocycles. The number of carbonyl (C=O) groups excluding carboxylic acids is 2. The number of fused-ring (bicyclic) bond motifs is 3. The number of hydrogen-bond acceptors (Lipinski definition) is 5. The van der Waals surface area contributed by atoms with Crippen molar-refractivity contribution < 1.29 is 23.8 Å². The van der Waals surface area contributed by atoms with Crippen molar-refractivity contribution in [2.45, 2.75) is 13.8 Å². The van der Waals surface area contributed by atoms with Crippen LogP contribution in [0.2, 0.25) is 0 Å². The molecule has 5 nitrogen and oxygen atoms in total. The van der Waals surface area contributed by atoms with Gasteiger partial charge in [-0.1, -0.05) is 6.07 Å². The Labute approximate surface area is 174 Å². The Bertz CT molecular complexity index is 1290. The van der Waals surface area contributed by atoms with Crippen LogP contribution in [0.5, 0.6) is 5.75 Å². The van der Waals surface area contributed by atoms with Crippen molar-refractivity contribution in [3.05, 3.63) is 65.7 Å². The maximum Gasteiger partial charge on any atom is 0.339 e. The lowest BCUT2D eigenvalue weighted by atomic mass is 9.96. The first kappa shape index (κ1) is 19.7. The molecule has 4 aromatic rings. The topological polar surface area (TPSA) is 61.8 Å². The number of hydrogen-bond donors (Lipinski definition) is 0. The van der Waals surface area contributed by atoms with Crippen LogP contribution in [0.1, 0.15) is 34.6 Å². The van der Waals surface area contributed by atoms with E-state index in [-0.39, 0.29) is 24.3 Å². The predicted molar refractivity (Wildman–Crippen MR) is 117 cm³/mol.